The fourth-order valence-corrected chi connectivity index (χ4v) is 3.73. The molecule has 2 aromatic rings. The van der Waals surface area contributed by atoms with Gasteiger partial charge in [0, 0.05) is 15.7 Å². The van der Waals surface area contributed by atoms with Crippen molar-refractivity contribution < 1.29 is 13.5 Å². The predicted octanol–water partition coefficient (Wildman–Crippen LogP) is 2.08. The number of anilines is 1. The molecule has 0 aliphatic carbocycles. The van der Waals surface area contributed by atoms with Crippen molar-refractivity contribution in [3.05, 3.63) is 39.5 Å². The molecule has 0 aliphatic rings. The molecule has 20 heavy (non-hydrogen) atoms. The predicted molar refractivity (Wildman–Crippen MR) is 78.9 cm³/mol. The number of sulfonamides is 1. The van der Waals surface area contributed by atoms with E-state index in [1.807, 2.05) is 6.92 Å². The van der Waals surface area contributed by atoms with E-state index in [4.69, 9.17) is 0 Å². The van der Waals surface area contributed by atoms with E-state index in [9.17, 15) is 13.5 Å². The highest BCUT2D eigenvalue weighted by molar-refractivity contribution is 9.10. The van der Waals surface area contributed by atoms with Gasteiger partial charge < -0.3 is 5.11 Å². The van der Waals surface area contributed by atoms with Gasteiger partial charge in [-0.15, -0.1) is 0 Å². The second-order valence-corrected chi connectivity index (χ2v) is 6.83. The van der Waals surface area contributed by atoms with Crippen molar-refractivity contribution in [3.63, 3.8) is 0 Å². The molecular weight excluding hydrogens is 346 g/mol. The third-order valence-corrected chi connectivity index (χ3v) is 4.81. The van der Waals surface area contributed by atoms with Crippen LogP contribution in [0.2, 0.25) is 0 Å². The van der Waals surface area contributed by atoms with Crippen molar-refractivity contribution in [1.29, 1.82) is 0 Å². The Balaban J connectivity index is 2.41. The van der Waals surface area contributed by atoms with E-state index in [-0.39, 0.29) is 10.6 Å². The molecule has 0 atom stereocenters. The maximum absolute atomic E-state index is 12.3. The number of nitrogens with one attached hydrogen (secondary N) is 2. The van der Waals surface area contributed by atoms with Gasteiger partial charge in [-0.1, -0.05) is 6.07 Å². The van der Waals surface area contributed by atoms with Crippen molar-refractivity contribution in [3.8, 4) is 0 Å². The Hall–Kier alpha value is -1.38. The van der Waals surface area contributed by atoms with Crippen LogP contribution in [0.4, 0.5) is 5.69 Å². The van der Waals surface area contributed by atoms with Gasteiger partial charge in [0.05, 0.1) is 12.3 Å². The topological polar surface area (TPSA) is 95.1 Å². The maximum atomic E-state index is 12.3. The molecule has 1 heterocycles. The van der Waals surface area contributed by atoms with E-state index in [0.717, 1.165) is 5.56 Å². The van der Waals surface area contributed by atoms with Crippen LogP contribution in [0.1, 0.15) is 16.8 Å². The number of aliphatic hydroxyl groups excluding tert-OH is 1. The fourth-order valence-electron chi connectivity index (χ4n) is 1.73. The van der Waals surface area contributed by atoms with E-state index < -0.39 is 16.6 Å². The minimum atomic E-state index is -3.85. The summed E-state index contributed by atoms with van der Waals surface area (Å²) in [5.41, 5.74) is 2.21. The van der Waals surface area contributed by atoms with Gasteiger partial charge in [0.15, 0.2) is 0 Å². The number of aryl methyl sites for hydroxylation is 2. The molecule has 8 heteroatoms. The van der Waals surface area contributed by atoms with Crippen molar-refractivity contribution in [1.82, 2.24) is 10.2 Å². The number of aromatic amines is 1. The second-order valence-electron chi connectivity index (χ2n) is 4.38. The molecule has 0 saturated heterocycles. The second kappa shape index (κ2) is 5.55. The number of rotatable bonds is 4. The highest BCUT2D eigenvalue weighted by atomic mass is 79.9. The van der Waals surface area contributed by atoms with Crippen LogP contribution in [-0.2, 0) is 16.6 Å². The lowest BCUT2D eigenvalue weighted by molar-refractivity contribution is 0.277. The van der Waals surface area contributed by atoms with Crippen LogP contribution >= 0.6 is 15.9 Å². The normalized spacial score (nSPS) is 11.6. The quantitative estimate of drug-likeness (QED) is 0.778. The van der Waals surface area contributed by atoms with Gasteiger partial charge in [0.2, 0.25) is 5.03 Å². The van der Waals surface area contributed by atoms with E-state index >= 15 is 0 Å². The Morgan fingerprint density at radius 1 is 1.40 bits per heavy atom. The minimum Gasteiger partial charge on any atom is -0.392 e. The first-order valence-electron chi connectivity index (χ1n) is 5.79. The van der Waals surface area contributed by atoms with E-state index in [2.05, 4.69) is 30.8 Å². The molecular formula is C12H14BrN3O3S. The number of hydrogen-bond acceptors (Lipinski definition) is 4. The summed E-state index contributed by atoms with van der Waals surface area (Å²) in [6.07, 6.45) is 0. The van der Waals surface area contributed by atoms with Gasteiger partial charge in [-0.05, 0) is 47.5 Å². The summed E-state index contributed by atoms with van der Waals surface area (Å²) in [6.45, 7) is 3.16. The van der Waals surface area contributed by atoms with E-state index in [0.29, 0.717) is 15.9 Å². The number of halogens is 1. The molecule has 1 aromatic carbocycles. The Labute approximate surface area is 125 Å². The SMILES string of the molecule is Cc1ccc(NS(=O)(=O)c2n[nH]c(C)c2CO)c(Br)c1. The molecule has 0 radical (unpaired) electrons. The highest BCUT2D eigenvalue weighted by Gasteiger charge is 2.24. The average molecular weight is 360 g/mol. The molecule has 2 rings (SSSR count). The first kappa shape index (κ1) is 15.0. The number of H-pyrrole nitrogens is 1. The summed E-state index contributed by atoms with van der Waals surface area (Å²) >= 11 is 3.31. The maximum Gasteiger partial charge on any atom is 0.281 e. The Kier molecular flexibility index (Phi) is 4.17. The number of aromatic nitrogens is 2. The monoisotopic (exact) mass is 359 g/mol. The summed E-state index contributed by atoms with van der Waals surface area (Å²) in [5.74, 6) is 0. The molecule has 6 nitrogen and oxygen atoms in total. The van der Waals surface area contributed by atoms with E-state index in [1.54, 1.807) is 25.1 Å². The first-order chi connectivity index (χ1) is 9.35. The molecule has 108 valence electrons. The highest BCUT2D eigenvalue weighted by Crippen LogP contribution is 2.26. The zero-order chi connectivity index (χ0) is 14.9. The smallest absolute Gasteiger partial charge is 0.281 e. The molecule has 0 aliphatic heterocycles. The van der Waals surface area contributed by atoms with Crippen LogP contribution in [0.15, 0.2) is 27.7 Å². The van der Waals surface area contributed by atoms with Crippen LogP contribution in [-0.4, -0.2) is 23.7 Å². The Morgan fingerprint density at radius 3 is 2.70 bits per heavy atom. The molecule has 0 unspecified atom stereocenters. The van der Waals surface area contributed by atoms with Gasteiger partial charge in [-0.25, -0.2) is 0 Å². The third-order valence-electron chi connectivity index (χ3n) is 2.82. The average Bonchev–Trinajstić information content (AvgIpc) is 2.74. The third kappa shape index (κ3) is 2.87. The minimum absolute atomic E-state index is 0.190. The largest absolute Gasteiger partial charge is 0.392 e. The van der Waals surface area contributed by atoms with Crippen LogP contribution in [0.3, 0.4) is 0 Å². The summed E-state index contributed by atoms with van der Waals surface area (Å²) in [5, 5.41) is 15.4. The number of nitrogens with zero attached hydrogens (tertiary/aromatic N) is 1. The molecule has 0 bridgehead atoms. The molecule has 0 saturated carbocycles. The molecule has 0 amide bonds. The molecule has 1 aromatic heterocycles. The van der Waals surface area contributed by atoms with Gasteiger partial charge in [-0.2, -0.15) is 13.5 Å². The Bertz CT molecular complexity index is 740. The van der Waals surface area contributed by atoms with Crippen LogP contribution in [0, 0.1) is 13.8 Å². The molecule has 3 N–H and O–H groups in total. The van der Waals surface area contributed by atoms with Gasteiger partial charge in [0.1, 0.15) is 0 Å². The van der Waals surface area contributed by atoms with Crippen molar-refractivity contribution in [2.45, 2.75) is 25.5 Å². The first-order valence-corrected chi connectivity index (χ1v) is 8.06. The summed E-state index contributed by atoms with van der Waals surface area (Å²) in [7, 11) is -3.85. The van der Waals surface area contributed by atoms with Crippen molar-refractivity contribution >= 4 is 31.6 Å². The zero-order valence-electron chi connectivity index (χ0n) is 10.9. The Morgan fingerprint density at radius 2 is 2.10 bits per heavy atom. The number of aliphatic hydroxyl groups is 1. The van der Waals surface area contributed by atoms with Gasteiger partial charge in [0.25, 0.3) is 10.0 Å². The van der Waals surface area contributed by atoms with Gasteiger partial charge >= 0.3 is 0 Å². The molecule has 0 spiro atoms. The lowest BCUT2D eigenvalue weighted by atomic mass is 10.2. The van der Waals surface area contributed by atoms with Crippen LogP contribution in [0.25, 0.3) is 0 Å². The van der Waals surface area contributed by atoms with Crippen molar-refractivity contribution in [2.24, 2.45) is 0 Å². The summed E-state index contributed by atoms with van der Waals surface area (Å²) in [6, 6.07) is 5.26. The fraction of sp³-hybridized carbons (Fsp3) is 0.250. The van der Waals surface area contributed by atoms with Crippen molar-refractivity contribution in [2.75, 3.05) is 4.72 Å². The number of benzene rings is 1. The summed E-state index contributed by atoms with van der Waals surface area (Å²) in [4.78, 5) is 0. The lowest BCUT2D eigenvalue weighted by Crippen LogP contribution is -2.15. The lowest BCUT2D eigenvalue weighted by Gasteiger charge is -2.09. The van der Waals surface area contributed by atoms with Crippen LogP contribution < -0.4 is 4.72 Å². The number of hydrogen-bond donors (Lipinski definition) is 3. The summed E-state index contributed by atoms with van der Waals surface area (Å²) < 4.78 is 27.7. The standard InChI is InChI=1S/C12H14BrN3O3S/c1-7-3-4-11(10(13)5-7)16-20(18,19)12-9(6-17)8(2)14-15-12/h3-5,16-17H,6H2,1-2H3,(H,14,15). The van der Waals surface area contributed by atoms with E-state index in [1.165, 1.54) is 0 Å². The van der Waals surface area contributed by atoms with Gasteiger partial charge in [-0.3, -0.25) is 9.82 Å². The molecule has 0 fully saturated rings. The van der Waals surface area contributed by atoms with Crippen LogP contribution in [0.5, 0.6) is 0 Å². The zero-order valence-corrected chi connectivity index (χ0v) is 13.3.